The molecule has 0 saturated heterocycles. The van der Waals surface area contributed by atoms with Crippen LogP contribution in [-0.2, 0) is 0 Å². The van der Waals surface area contributed by atoms with E-state index in [1.165, 1.54) is 0 Å². The first kappa shape index (κ1) is 12.5. The maximum atomic E-state index is 8.70. The van der Waals surface area contributed by atoms with E-state index in [0.29, 0.717) is 6.54 Å². The van der Waals surface area contributed by atoms with E-state index in [1.54, 1.807) is 7.11 Å². The van der Waals surface area contributed by atoms with Gasteiger partial charge in [0.25, 0.3) is 0 Å². The quantitative estimate of drug-likeness (QED) is 0.826. The number of para-hydroxylation sites is 1. The van der Waals surface area contributed by atoms with Crippen molar-refractivity contribution in [3.63, 3.8) is 0 Å². The number of rotatable bonds is 5. The summed E-state index contributed by atoms with van der Waals surface area (Å²) >= 11 is 0. The lowest BCUT2D eigenvalue weighted by atomic mass is 10.1. The Kier molecular flexibility index (Phi) is 4.81. The van der Waals surface area contributed by atoms with Crippen LogP contribution >= 0.6 is 0 Å². The molecule has 2 atom stereocenters. The summed E-state index contributed by atoms with van der Waals surface area (Å²) in [6.45, 7) is 4.67. The molecule has 2 unspecified atom stereocenters. The molecule has 1 rings (SSSR count). The van der Waals surface area contributed by atoms with E-state index < -0.39 is 0 Å². The Bertz CT molecular complexity index is 370. The van der Waals surface area contributed by atoms with E-state index in [2.05, 4.69) is 18.3 Å². The molecule has 0 aromatic heterocycles. The molecule has 0 fully saturated rings. The first-order valence-electron chi connectivity index (χ1n) is 5.45. The van der Waals surface area contributed by atoms with Gasteiger partial charge in [0.05, 0.1) is 19.1 Å². The zero-order chi connectivity index (χ0) is 12.0. The van der Waals surface area contributed by atoms with Crippen LogP contribution in [0, 0.1) is 17.2 Å². The van der Waals surface area contributed by atoms with Crippen LogP contribution in [0.3, 0.4) is 0 Å². The highest BCUT2D eigenvalue weighted by Crippen LogP contribution is 2.24. The molecule has 0 heterocycles. The molecule has 0 spiro atoms. The molecular formula is C13H18N2O. The zero-order valence-electron chi connectivity index (χ0n) is 10.0. The Morgan fingerprint density at radius 3 is 2.69 bits per heavy atom. The van der Waals surface area contributed by atoms with Gasteiger partial charge in [0.2, 0.25) is 0 Å². The Labute approximate surface area is 97.0 Å². The zero-order valence-corrected chi connectivity index (χ0v) is 10.0. The van der Waals surface area contributed by atoms with Crippen molar-refractivity contribution < 1.29 is 4.74 Å². The molecule has 0 saturated carbocycles. The number of hydrogen-bond donors (Lipinski definition) is 1. The maximum absolute atomic E-state index is 8.70. The van der Waals surface area contributed by atoms with Gasteiger partial charge < -0.3 is 10.1 Å². The highest BCUT2D eigenvalue weighted by molar-refractivity contribution is 5.35. The summed E-state index contributed by atoms with van der Waals surface area (Å²) in [5, 5.41) is 12.0. The van der Waals surface area contributed by atoms with Crippen molar-refractivity contribution in [2.75, 3.05) is 13.7 Å². The van der Waals surface area contributed by atoms with Crippen molar-refractivity contribution in [3.05, 3.63) is 29.8 Å². The smallest absolute Gasteiger partial charge is 0.123 e. The number of nitriles is 1. The van der Waals surface area contributed by atoms with Crippen LogP contribution in [0.25, 0.3) is 0 Å². The van der Waals surface area contributed by atoms with Gasteiger partial charge in [-0.05, 0) is 19.9 Å². The topological polar surface area (TPSA) is 45.0 Å². The highest BCUT2D eigenvalue weighted by Gasteiger charge is 2.10. The Morgan fingerprint density at radius 1 is 1.38 bits per heavy atom. The molecule has 16 heavy (non-hydrogen) atoms. The van der Waals surface area contributed by atoms with Crippen molar-refractivity contribution >= 4 is 0 Å². The number of nitrogens with zero attached hydrogens (tertiary/aromatic N) is 1. The van der Waals surface area contributed by atoms with Gasteiger partial charge in [-0.3, -0.25) is 0 Å². The third-order valence-electron chi connectivity index (χ3n) is 2.56. The molecular weight excluding hydrogens is 200 g/mol. The fourth-order valence-corrected chi connectivity index (χ4v) is 1.53. The Morgan fingerprint density at radius 2 is 2.06 bits per heavy atom. The van der Waals surface area contributed by atoms with Gasteiger partial charge in [-0.25, -0.2) is 0 Å². The van der Waals surface area contributed by atoms with Crippen LogP contribution in [0.5, 0.6) is 5.75 Å². The SMILES string of the molecule is COc1ccccc1C(C)NCC(C)C#N. The van der Waals surface area contributed by atoms with Gasteiger partial charge in [0.1, 0.15) is 5.75 Å². The minimum Gasteiger partial charge on any atom is -0.496 e. The average molecular weight is 218 g/mol. The molecule has 0 bridgehead atoms. The molecule has 1 aromatic rings. The molecule has 1 aromatic carbocycles. The standard InChI is InChI=1S/C13H18N2O/c1-10(8-14)9-15-11(2)12-6-4-5-7-13(12)16-3/h4-7,10-11,15H,9H2,1-3H3. The van der Waals surface area contributed by atoms with Crippen molar-refractivity contribution in [2.45, 2.75) is 19.9 Å². The van der Waals surface area contributed by atoms with E-state index in [1.807, 2.05) is 31.2 Å². The molecule has 1 N–H and O–H groups in total. The van der Waals surface area contributed by atoms with Crippen LogP contribution in [-0.4, -0.2) is 13.7 Å². The van der Waals surface area contributed by atoms with Crippen molar-refractivity contribution in [3.8, 4) is 11.8 Å². The number of ether oxygens (including phenoxy) is 1. The van der Waals surface area contributed by atoms with Crippen LogP contribution in [0.2, 0.25) is 0 Å². The molecule has 3 nitrogen and oxygen atoms in total. The fourth-order valence-electron chi connectivity index (χ4n) is 1.53. The van der Waals surface area contributed by atoms with Crippen LogP contribution in [0.4, 0.5) is 0 Å². The molecule has 3 heteroatoms. The van der Waals surface area contributed by atoms with E-state index >= 15 is 0 Å². The first-order valence-corrected chi connectivity index (χ1v) is 5.45. The summed E-state index contributed by atoms with van der Waals surface area (Å²) in [4.78, 5) is 0. The molecule has 0 aliphatic carbocycles. The van der Waals surface area contributed by atoms with Crippen LogP contribution in [0.15, 0.2) is 24.3 Å². The Hall–Kier alpha value is -1.53. The van der Waals surface area contributed by atoms with Gasteiger partial charge in [0, 0.05) is 18.2 Å². The van der Waals surface area contributed by atoms with Gasteiger partial charge in [-0.1, -0.05) is 18.2 Å². The second-order valence-electron chi connectivity index (χ2n) is 3.90. The molecule has 86 valence electrons. The largest absolute Gasteiger partial charge is 0.496 e. The van der Waals surface area contributed by atoms with E-state index in [-0.39, 0.29) is 12.0 Å². The molecule has 0 amide bonds. The lowest BCUT2D eigenvalue weighted by Crippen LogP contribution is -2.24. The first-order chi connectivity index (χ1) is 7.69. The summed E-state index contributed by atoms with van der Waals surface area (Å²) in [7, 11) is 1.67. The summed E-state index contributed by atoms with van der Waals surface area (Å²) in [6.07, 6.45) is 0. The van der Waals surface area contributed by atoms with Gasteiger partial charge in [-0.2, -0.15) is 5.26 Å². The summed E-state index contributed by atoms with van der Waals surface area (Å²) < 4.78 is 5.29. The fraction of sp³-hybridized carbons (Fsp3) is 0.462. The maximum Gasteiger partial charge on any atom is 0.123 e. The van der Waals surface area contributed by atoms with E-state index in [4.69, 9.17) is 10.00 Å². The highest BCUT2D eigenvalue weighted by atomic mass is 16.5. The minimum absolute atomic E-state index is 0.0251. The molecule has 0 radical (unpaired) electrons. The third kappa shape index (κ3) is 3.25. The second-order valence-corrected chi connectivity index (χ2v) is 3.90. The lowest BCUT2D eigenvalue weighted by molar-refractivity contribution is 0.400. The van der Waals surface area contributed by atoms with E-state index in [0.717, 1.165) is 11.3 Å². The van der Waals surface area contributed by atoms with Crippen LogP contribution in [0.1, 0.15) is 25.5 Å². The predicted molar refractivity (Wildman–Crippen MR) is 64.2 cm³/mol. The van der Waals surface area contributed by atoms with Crippen molar-refractivity contribution in [1.82, 2.24) is 5.32 Å². The third-order valence-corrected chi connectivity index (χ3v) is 2.56. The number of benzene rings is 1. The monoisotopic (exact) mass is 218 g/mol. The molecule has 0 aliphatic heterocycles. The minimum atomic E-state index is 0.0251. The van der Waals surface area contributed by atoms with Gasteiger partial charge in [-0.15, -0.1) is 0 Å². The van der Waals surface area contributed by atoms with Crippen molar-refractivity contribution in [1.29, 1.82) is 5.26 Å². The number of methoxy groups -OCH3 is 1. The van der Waals surface area contributed by atoms with Crippen LogP contribution < -0.4 is 10.1 Å². The number of hydrogen-bond acceptors (Lipinski definition) is 3. The second kappa shape index (κ2) is 6.14. The lowest BCUT2D eigenvalue weighted by Gasteiger charge is -2.17. The normalized spacial score (nSPS) is 13.9. The van der Waals surface area contributed by atoms with Gasteiger partial charge >= 0.3 is 0 Å². The molecule has 0 aliphatic rings. The average Bonchev–Trinajstić information content (AvgIpc) is 2.35. The van der Waals surface area contributed by atoms with Crippen molar-refractivity contribution in [2.24, 2.45) is 5.92 Å². The Balaban J connectivity index is 2.66. The summed E-state index contributed by atoms with van der Waals surface area (Å²) in [5.41, 5.74) is 1.12. The summed E-state index contributed by atoms with van der Waals surface area (Å²) in [6, 6.07) is 10.3. The van der Waals surface area contributed by atoms with Gasteiger partial charge in [0.15, 0.2) is 0 Å². The summed E-state index contributed by atoms with van der Waals surface area (Å²) in [5.74, 6) is 0.907. The van der Waals surface area contributed by atoms with E-state index in [9.17, 15) is 0 Å². The number of nitrogens with one attached hydrogen (secondary N) is 1. The predicted octanol–water partition coefficient (Wildman–Crippen LogP) is 2.51.